The normalized spacial score (nSPS) is 30.4. The highest BCUT2D eigenvalue weighted by molar-refractivity contribution is 5.19. The minimum absolute atomic E-state index is 0.204. The number of furan rings is 1. The fourth-order valence-electron chi connectivity index (χ4n) is 2.27. The van der Waals surface area contributed by atoms with Gasteiger partial charge in [-0.15, -0.1) is 0 Å². The first-order chi connectivity index (χ1) is 7.78. The van der Waals surface area contributed by atoms with Gasteiger partial charge in [-0.3, -0.25) is 0 Å². The van der Waals surface area contributed by atoms with Crippen LogP contribution in [0.1, 0.15) is 49.7 Å². The second-order valence-electron chi connectivity index (χ2n) is 5.29. The standard InChI is InChI=1S/C13H20N2O/c1-8-6-10(8)12-4-5-13(16-12)11(7-14)15-9-2-3-9/h4-5,8-11,15H,2-3,6-7,14H2,1H3. The van der Waals surface area contributed by atoms with E-state index in [1.54, 1.807) is 0 Å². The molecule has 0 bridgehead atoms. The lowest BCUT2D eigenvalue weighted by molar-refractivity contribution is 0.392. The van der Waals surface area contributed by atoms with Crippen LogP contribution in [-0.4, -0.2) is 12.6 Å². The SMILES string of the molecule is CC1CC1c1ccc(C(CN)NC2CC2)o1. The van der Waals surface area contributed by atoms with Crippen molar-refractivity contribution in [1.82, 2.24) is 5.32 Å². The van der Waals surface area contributed by atoms with Crippen LogP contribution >= 0.6 is 0 Å². The van der Waals surface area contributed by atoms with Gasteiger partial charge in [0, 0.05) is 18.5 Å². The lowest BCUT2D eigenvalue weighted by Gasteiger charge is -2.13. The molecule has 2 aliphatic carbocycles. The molecule has 0 aliphatic heterocycles. The number of rotatable bonds is 5. The summed E-state index contributed by atoms with van der Waals surface area (Å²) in [4.78, 5) is 0. The Kier molecular flexibility index (Phi) is 2.52. The Bertz CT molecular complexity index is 370. The van der Waals surface area contributed by atoms with Crippen LogP contribution in [-0.2, 0) is 0 Å². The Morgan fingerprint density at radius 1 is 1.50 bits per heavy atom. The lowest BCUT2D eigenvalue weighted by atomic mass is 10.2. The second-order valence-corrected chi connectivity index (χ2v) is 5.29. The molecule has 1 aromatic heterocycles. The first-order valence-electron chi connectivity index (χ1n) is 6.33. The second kappa shape index (κ2) is 3.90. The van der Waals surface area contributed by atoms with Crippen molar-refractivity contribution >= 4 is 0 Å². The number of hydrogen-bond donors (Lipinski definition) is 2. The van der Waals surface area contributed by atoms with Crippen LogP contribution in [0.15, 0.2) is 16.5 Å². The molecule has 2 saturated carbocycles. The highest BCUT2D eigenvalue weighted by atomic mass is 16.3. The largest absolute Gasteiger partial charge is 0.464 e. The van der Waals surface area contributed by atoms with Crippen molar-refractivity contribution in [2.24, 2.45) is 11.7 Å². The minimum Gasteiger partial charge on any atom is -0.464 e. The molecule has 1 aromatic rings. The average Bonchev–Trinajstić information content (AvgIpc) is 3.18. The van der Waals surface area contributed by atoms with Gasteiger partial charge in [-0.1, -0.05) is 6.92 Å². The summed E-state index contributed by atoms with van der Waals surface area (Å²) in [7, 11) is 0. The van der Waals surface area contributed by atoms with Crippen LogP contribution in [0.2, 0.25) is 0 Å². The third-order valence-electron chi connectivity index (χ3n) is 3.72. The number of hydrogen-bond acceptors (Lipinski definition) is 3. The Hall–Kier alpha value is -0.800. The zero-order valence-corrected chi connectivity index (χ0v) is 9.78. The summed E-state index contributed by atoms with van der Waals surface area (Å²) in [5, 5.41) is 3.52. The molecular formula is C13H20N2O. The number of nitrogens with two attached hydrogens (primary N) is 1. The molecule has 3 nitrogen and oxygen atoms in total. The van der Waals surface area contributed by atoms with Gasteiger partial charge in [0.1, 0.15) is 11.5 Å². The fourth-order valence-corrected chi connectivity index (χ4v) is 2.27. The van der Waals surface area contributed by atoms with Crippen molar-refractivity contribution < 1.29 is 4.42 Å². The molecule has 16 heavy (non-hydrogen) atoms. The minimum atomic E-state index is 0.204. The van der Waals surface area contributed by atoms with Crippen molar-refractivity contribution in [2.45, 2.75) is 44.2 Å². The van der Waals surface area contributed by atoms with Gasteiger partial charge >= 0.3 is 0 Å². The summed E-state index contributed by atoms with van der Waals surface area (Å²) in [6, 6.07) is 5.09. The Labute approximate surface area is 96.4 Å². The smallest absolute Gasteiger partial charge is 0.122 e. The molecule has 3 N–H and O–H groups in total. The van der Waals surface area contributed by atoms with Crippen molar-refractivity contribution in [1.29, 1.82) is 0 Å². The molecular weight excluding hydrogens is 200 g/mol. The van der Waals surface area contributed by atoms with Crippen LogP contribution in [0.25, 0.3) is 0 Å². The van der Waals surface area contributed by atoms with E-state index in [-0.39, 0.29) is 6.04 Å². The van der Waals surface area contributed by atoms with Gasteiger partial charge in [0.25, 0.3) is 0 Å². The quantitative estimate of drug-likeness (QED) is 0.799. The zero-order valence-electron chi connectivity index (χ0n) is 9.78. The molecule has 0 spiro atoms. The highest BCUT2D eigenvalue weighted by Crippen LogP contribution is 2.47. The van der Waals surface area contributed by atoms with Crippen molar-refractivity contribution in [3.05, 3.63) is 23.7 Å². The maximum absolute atomic E-state index is 5.92. The van der Waals surface area contributed by atoms with Crippen molar-refractivity contribution in [2.75, 3.05) is 6.54 Å². The van der Waals surface area contributed by atoms with Crippen LogP contribution in [0.3, 0.4) is 0 Å². The molecule has 2 fully saturated rings. The first kappa shape index (κ1) is 10.4. The van der Waals surface area contributed by atoms with E-state index in [0.29, 0.717) is 18.5 Å². The van der Waals surface area contributed by atoms with E-state index in [1.165, 1.54) is 19.3 Å². The van der Waals surface area contributed by atoms with Gasteiger partial charge in [0.15, 0.2) is 0 Å². The molecule has 0 aromatic carbocycles. The molecule has 0 saturated heterocycles. The van der Waals surface area contributed by atoms with E-state index >= 15 is 0 Å². The average molecular weight is 220 g/mol. The Morgan fingerprint density at radius 3 is 2.81 bits per heavy atom. The maximum Gasteiger partial charge on any atom is 0.122 e. The van der Waals surface area contributed by atoms with E-state index in [1.807, 2.05) is 0 Å². The fraction of sp³-hybridized carbons (Fsp3) is 0.692. The van der Waals surface area contributed by atoms with E-state index < -0.39 is 0 Å². The molecule has 1 heterocycles. The predicted molar refractivity (Wildman–Crippen MR) is 63.2 cm³/mol. The topological polar surface area (TPSA) is 51.2 Å². The summed E-state index contributed by atoms with van der Waals surface area (Å²) in [6.45, 7) is 2.89. The Balaban J connectivity index is 1.69. The lowest BCUT2D eigenvalue weighted by Crippen LogP contribution is -2.29. The molecule has 3 heteroatoms. The number of nitrogens with one attached hydrogen (secondary N) is 1. The molecule has 0 amide bonds. The monoisotopic (exact) mass is 220 g/mol. The summed E-state index contributed by atoms with van der Waals surface area (Å²) in [5.41, 5.74) is 5.79. The molecule has 3 atom stereocenters. The van der Waals surface area contributed by atoms with E-state index in [9.17, 15) is 0 Å². The molecule has 3 rings (SSSR count). The van der Waals surface area contributed by atoms with E-state index in [0.717, 1.165) is 17.4 Å². The maximum atomic E-state index is 5.92. The first-order valence-corrected chi connectivity index (χ1v) is 6.33. The molecule has 0 radical (unpaired) electrons. The highest BCUT2D eigenvalue weighted by Gasteiger charge is 2.37. The third kappa shape index (κ3) is 2.02. The van der Waals surface area contributed by atoms with Crippen molar-refractivity contribution in [3.8, 4) is 0 Å². The van der Waals surface area contributed by atoms with Crippen LogP contribution in [0, 0.1) is 5.92 Å². The summed E-state index contributed by atoms with van der Waals surface area (Å²) in [6.07, 6.45) is 3.84. The Morgan fingerprint density at radius 2 is 2.25 bits per heavy atom. The van der Waals surface area contributed by atoms with Gasteiger partial charge in [-0.25, -0.2) is 0 Å². The zero-order chi connectivity index (χ0) is 11.1. The van der Waals surface area contributed by atoms with Crippen molar-refractivity contribution in [3.63, 3.8) is 0 Å². The van der Waals surface area contributed by atoms with Gasteiger partial charge in [-0.2, -0.15) is 0 Å². The van der Waals surface area contributed by atoms with Gasteiger partial charge < -0.3 is 15.5 Å². The summed E-state index contributed by atoms with van der Waals surface area (Å²) >= 11 is 0. The van der Waals surface area contributed by atoms with Crippen LogP contribution < -0.4 is 11.1 Å². The van der Waals surface area contributed by atoms with Crippen LogP contribution in [0.5, 0.6) is 0 Å². The van der Waals surface area contributed by atoms with E-state index in [2.05, 4.69) is 24.4 Å². The third-order valence-corrected chi connectivity index (χ3v) is 3.72. The predicted octanol–water partition coefficient (Wildman–Crippen LogP) is 2.15. The van der Waals surface area contributed by atoms with Gasteiger partial charge in [0.2, 0.25) is 0 Å². The molecule has 2 aliphatic rings. The van der Waals surface area contributed by atoms with Gasteiger partial charge in [0.05, 0.1) is 6.04 Å². The summed E-state index contributed by atoms with van der Waals surface area (Å²) in [5.74, 6) is 3.63. The molecule has 3 unspecified atom stereocenters. The van der Waals surface area contributed by atoms with Gasteiger partial charge in [-0.05, 0) is 37.3 Å². The molecule has 88 valence electrons. The summed E-state index contributed by atoms with van der Waals surface area (Å²) < 4.78 is 5.92. The van der Waals surface area contributed by atoms with E-state index in [4.69, 9.17) is 10.2 Å². The van der Waals surface area contributed by atoms with Crippen LogP contribution in [0.4, 0.5) is 0 Å².